The number of barbiturate groups is 1. The molecule has 5 rings (SSSR count). The Hall–Kier alpha value is -3.13. The monoisotopic (exact) mass is 456 g/mol. The van der Waals surface area contributed by atoms with Gasteiger partial charge in [-0.05, 0) is 29.8 Å². The molecular weight excluding hydrogens is 435 g/mol. The summed E-state index contributed by atoms with van der Waals surface area (Å²) in [5.74, 6) is -1.47. The van der Waals surface area contributed by atoms with Crippen LogP contribution in [0.3, 0.4) is 0 Å². The molecule has 32 heavy (non-hydrogen) atoms. The first-order chi connectivity index (χ1) is 15.3. The molecule has 2 fully saturated rings. The molecule has 3 heterocycles. The number of anilines is 2. The van der Waals surface area contributed by atoms with Crippen molar-refractivity contribution < 1.29 is 18.8 Å². The molecule has 0 bridgehead atoms. The van der Waals surface area contributed by atoms with E-state index in [1.54, 1.807) is 24.3 Å². The smallest absolute Gasteiger partial charge is 0.332 e. The van der Waals surface area contributed by atoms with Gasteiger partial charge < -0.3 is 9.80 Å². The van der Waals surface area contributed by atoms with Crippen molar-refractivity contribution in [2.24, 2.45) is 5.41 Å². The summed E-state index contributed by atoms with van der Waals surface area (Å²) < 4.78 is 14.6. The zero-order valence-electron chi connectivity index (χ0n) is 17.7. The third kappa shape index (κ3) is 2.68. The second-order valence-electron chi connectivity index (χ2n) is 8.50. The van der Waals surface area contributed by atoms with E-state index in [-0.39, 0.29) is 18.8 Å². The Labute approximate surface area is 189 Å². The summed E-state index contributed by atoms with van der Waals surface area (Å²) in [4.78, 5) is 45.7. The molecule has 3 aliphatic rings. The minimum atomic E-state index is -1.54. The van der Waals surface area contributed by atoms with Gasteiger partial charge in [0.05, 0.1) is 11.7 Å². The number of carbonyl (C=O) groups excluding carboxylic acids is 3. The first-order valence-electron chi connectivity index (χ1n) is 10.4. The van der Waals surface area contributed by atoms with Crippen LogP contribution in [0.4, 0.5) is 20.6 Å². The molecule has 1 atom stereocenters. The second-order valence-corrected chi connectivity index (χ2v) is 8.91. The highest BCUT2D eigenvalue weighted by molar-refractivity contribution is 6.32. The lowest BCUT2D eigenvalue weighted by atomic mass is 9.67. The normalized spacial score (nSPS) is 22.4. The summed E-state index contributed by atoms with van der Waals surface area (Å²) in [6, 6.07) is 10.7. The summed E-state index contributed by atoms with van der Waals surface area (Å²) in [7, 11) is 2.78. The fraction of sp³-hybridized carbons (Fsp3) is 0.348. The number of nitrogens with zero attached hydrogens (tertiary/aromatic N) is 4. The minimum Gasteiger partial charge on any atom is -0.365 e. The summed E-state index contributed by atoms with van der Waals surface area (Å²) >= 11 is 6.51. The standard InChI is InChI=1S/C23H22ClFN4O3/c1-26-20(30)23(21(31)27(2)22(26)32)12-14-15(24)6-5-9-17(14)29-11-10-28(13-19(23)29)18-8-4-3-7-16(18)25/h3-9,19H,10-13H2,1-2H3/t19-/m1/s1. The highest BCUT2D eigenvalue weighted by atomic mass is 35.5. The molecule has 1 spiro atoms. The van der Waals surface area contributed by atoms with Gasteiger partial charge in [-0.15, -0.1) is 0 Å². The Morgan fingerprint density at radius 1 is 0.938 bits per heavy atom. The Morgan fingerprint density at radius 3 is 2.28 bits per heavy atom. The molecule has 2 aromatic rings. The number of rotatable bonds is 1. The largest absolute Gasteiger partial charge is 0.365 e. The number of hydrogen-bond acceptors (Lipinski definition) is 5. The van der Waals surface area contributed by atoms with E-state index in [1.165, 1.54) is 20.2 Å². The quantitative estimate of drug-likeness (QED) is 0.617. The van der Waals surface area contributed by atoms with Gasteiger partial charge in [0, 0.05) is 50.9 Å². The number of benzene rings is 2. The van der Waals surface area contributed by atoms with Crippen LogP contribution in [-0.4, -0.2) is 67.4 Å². The van der Waals surface area contributed by atoms with Crippen molar-refractivity contribution in [1.82, 2.24) is 9.80 Å². The van der Waals surface area contributed by atoms with Gasteiger partial charge in [0.15, 0.2) is 5.41 Å². The molecular formula is C23H22ClFN4O3. The molecule has 3 aliphatic heterocycles. The molecule has 7 nitrogen and oxygen atoms in total. The van der Waals surface area contributed by atoms with Gasteiger partial charge in [-0.1, -0.05) is 29.8 Å². The number of imide groups is 2. The number of carbonyl (C=O) groups is 3. The maximum atomic E-state index is 14.6. The predicted octanol–water partition coefficient (Wildman–Crippen LogP) is 2.77. The lowest BCUT2D eigenvalue weighted by Gasteiger charge is -2.56. The zero-order chi connectivity index (χ0) is 22.8. The molecule has 9 heteroatoms. The molecule has 4 amide bonds. The van der Waals surface area contributed by atoms with Crippen molar-refractivity contribution in [2.75, 3.05) is 43.5 Å². The number of fused-ring (bicyclic) bond motifs is 4. The van der Waals surface area contributed by atoms with Gasteiger partial charge in [0.25, 0.3) is 0 Å². The Morgan fingerprint density at radius 2 is 1.59 bits per heavy atom. The van der Waals surface area contributed by atoms with Gasteiger partial charge in [-0.3, -0.25) is 19.4 Å². The van der Waals surface area contributed by atoms with Crippen LogP contribution in [0, 0.1) is 11.2 Å². The van der Waals surface area contributed by atoms with Crippen LogP contribution in [0.25, 0.3) is 0 Å². The number of para-hydroxylation sites is 1. The number of hydrogen-bond donors (Lipinski definition) is 0. The molecule has 0 aliphatic carbocycles. The number of halogens is 2. The number of urea groups is 1. The Kier molecular flexibility index (Phi) is 4.67. The second kappa shape index (κ2) is 7.20. The van der Waals surface area contributed by atoms with Crippen LogP contribution in [0.2, 0.25) is 5.02 Å². The van der Waals surface area contributed by atoms with Crippen LogP contribution < -0.4 is 9.80 Å². The van der Waals surface area contributed by atoms with Crippen molar-refractivity contribution in [3.8, 4) is 0 Å². The lowest BCUT2D eigenvalue weighted by molar-refractivity contribution is -0.159. The molecule has 0 radical (unpaired) electrons. The van der Waals surface area contributed by atoms with Crippen LogP contribution in [0.1, 0.15) is 5.56 Å². The van der Waals surface area contributed by atoms with Crippen LogP contribution in [-0.2, 0) is 16.0 Å². The fourth-order valence-electron chi connectivity index (χ4n) is 5.33. The Balaban J connectivity index is 1.68. The first kappa shape index (κ1) is 20.8. The maximum Gasteiger partial charge on any atom is 0.332 e. The molecule has 0 saturated carbocycles. The van der Waals surface area contributed by atoms with Gasteiger partial charge in [-0.2, -0.15) is 0 Å². The Bertz CT molecular complexity index is 1130. The van der Waals surface area contributed by atoms with E-state index in [2.05, 4.69) is 0 Å². The van der Waals surface area contributed by atoms with Crippen molar-refractivity contribution in [1.29, 1.82) is 0 Å². The van der Waals surface area contributed by atoms with E-state index in [0.29, 0.717) is 29.4 Å². The summed E-state index contributed by atoms with van der Waals surface area (Å²) in [6.07, 6.45) is 0.0773. The molecule has 166 valence electrons. The van der Waals surface area contributed by atoms with Gasteiger partial charge in [0.2, 0.25) is 11.8 Å². The van der Waals surface area contributed by atoms with Crippen molar-refractivity contribution in [3.63, 3.8) is 0 Å². The van der Waals surface area contributed by atoms with E-state index >= 15 is 0 Å². The number of amides is 4. The average molecular weight is 457 g/mol. The SMILES string of the molecule is CN1C(=O)N(C)C(=O)C2(Cc3c(Cl)cccc3N3CCN(c4ccccc4F)C[C@@H]32)C1=O. The van der Waals surface area contributed by atoms with Gasteiger partial charge >= 0.3 is 6.03 Å². The number of piperazine rings is 1. The first-order valence-corrected chi connectivity index (χ1v) is 10.8. The summed E-state index contributed by atoms with van der Waals surface area (Å²) in [6.45, 7) is 1.22. The van der Waals surface area contributed by atoms with Crippen molar-refractivity contribution in [3.05, 3.63) is 58.9 Å². The van der Waals surface area contributed by atoms with Crippen LogP contribution >= 0.6 is 11.6 Å². The van der Waals surface area contributed by atoms with Crippen LogP contribution in [0.15, 0.2) is 42.5 Å². The topological polar surface area (TPSA) is 64.2 Å². The van der Waals surface area contributed by atoms with E-state index in [0.717, 1.165) is 15.5 Å². The van der Waals surface area contributed by atoms with E-state index in [4.69, 9.17) is 11.6 Å². The predicted molar refractivity (Wildman–Crippen MR) is 118 cm³/mol. The summed E-state index contributed by atoms with van der Waals surface area (Å²) in [5.41, 5.74) is 0.457. The van der Waals surface area contributed by atoms with Crippen molar-refractivity contribution in [2.45, 2.75) is 12.5 Å². The summed E-state index contributed by atoms with van der Waals surface area (Å²) in [5, 5.41) is 0.472. The highest BCUT2D eigenvalue weighted by Gasteiger charge is 2.64. The maximum absolute atomic E-state index is 14.6. The van der Waals surface area contributed by atoms with E-state index in [9.17, 15) is 18.8 Å². The third-order valence-electron chi connectivity index (χ3n) is 6.95. The zero-order valence-corrected chi connectivity index (χ0v) is 18.5. The molecule has 2 saturated heterocycles. The lowest BCUT2D eigenvalue weighted by Crippen LogP contribution is -2.74. The minimum absolute atomic E-state index is 0.0773. The van der Waals surface area contributed by atoms with Crippen LogP contribution in [0.5, 0.6) is 0 Å². The van der Waals surface area contributed by atoms with Gasteiger partial charge in [-0.25, -0.2) is 9.18 Å². The molecule has 0 aromatic heterocycles. The third-order valence-corrected chi connectivity index (χ3v) is 7.30. The van der Waals surface area contributed by atoms with Gasteiger partial charge in [0.1, 0.15) is 5.82 Å². The van der Waals surface area contributed by atoms with E-state index in [1.807, 2.05) is 21.9 Å². The fourth-order valence-corrected chi connectivity index (χ4v) is 5.57. The van der Waals surface area contributed by atoms with E-state index < -0.39 is 29.3 Å². The molecule has 0 N–H and O–H groups in total. The highest BCUT2D eigenvalue weighted by Crippen LogP contribution is 2.48. The van der Waals surface area contributed by atoms with Crippen molar-refractivity contribution >= 4 is 40.8 Å². The average Bonchev–Trinajstić information content (AvgIpc) is 2.80. The molecule has 0 unspecified atom stereocenters. The molecule has 2 aromatic carbocycles.